The van der Waals surface area contributed by atoms with Crippen LogP contribution < -0.4 is 16.4 Å². The Hall–Kier alpha value is -2.44. The van der Waals surface area contributed by atoms with Gasteiger partial charge in [0.25, 0.3) is 0 Å². The summed E-state index contributed by atoms with van der Waals surface area (Å²) < 4.78 is 61.8. The topological polar surface area (TPSA) is 364 Å². The van der Waals surface area contributed by atoms with E-state index in [1.54, 1.807) is 0 Å². The minimum atomic E-state index is -5.56. The summed E-state index contributed by atoms with van der Waals surface area (Å²) in [6.07, 6.45) is -6.88. The quantitative estimate of drug-likeness (QED) is 0.0587. The van der Waals surface area contributed by atoms with Crippen molar-refractivity contribution in [3.8, 4) is 0 Å². The number of thioether (sulfide) groups is 1. The smallest absolute Gasteiger partial charge is 0.386 e. The predicted molar refractivity (Wildman–Crippen MR) is 173 cm³/mol. The number of carbonyl (C=O) groups excluding carboxylic acids is 3. The molecule has 10 N–H and O–H groups in total. The number of fused-ring (bicyclic) bond motifs is 1. The van der Waals surface area contributed by atoms with Gasteiger partial charge in [-0.1, -0.05) is 25.6 Å². The van der Waals surface area contributed by atoms with Gasteiger partial charge in [-0.25, -0.2) is 28.6 Å². The molecule has 0 spiro atoms. The van der Waals surface area contributed by atoms with E-state index < -0.39 is 84.6 Å². The molecule has 2 aromatic heterocycles. The van der Waals surface area contributed by atoms with Crippen molar-refractivity contribution in [1.82, 2.24) is 30.2 Å². The summed E-state index contributed by atoms with van der Waals surface area (Å²) in [6, 6.07) is 0. The van der Waals surface area contributed by atoms with E-state index in [4.69, 9.17) is 19.5 Å². The van der Waals surface area contributed by atoms with Crippen LogP contribution in [0.5, 0.6) is 0 Å². The third-order valence-electron chi connectivity index (χ3n) is 6.81. The van der Waals surface area contributed by atoms with Crippen LogP contribution >= 0.6 is 35.2 Å². The van der Waals surface area contributed by atoms with Crippen LogP contribution in [-0.2, 0) is 50.7 Å². The number of aliphatic hydroxyl groups is 2. The van der Waals surface area contributed by atoms with Crippen molar-refractivity contribution in [3.05, 3.63) is 12.7 Å². The molecule has 1 aliphatic heterocycles. The van der Waals surface area contributed by atoms with Crippen molar-refractivity contribution in [1.29, 1.82) is 0 Å². The van der Waals surface area contributed by atoms with E-state index >= 15 is 0 Å². The molecule has 28 heteroatoms. The molecular formula is C23H38N7O17P3S. The highest BCUT2D eigenvalue weighted by Gasteiger charge is 2.50. The molecular weight excluding hydrogens is 770 g/mol. The minimum absolute atomic E-state index is 0.0310. The summed E-state index contributed by atoms with van der Waals surface area (Å²) in [7, 11) is -16.4. The molecule has 3 rings (SSSR count). The fourth-order valence-corrected chi connectivity index (χ4v) is 7.65. The molecule has 0 bridgehead atoms. The van der Waals surface area contributed by atoms with Gasteiger partial charge in [0.15, 0.2) is 22.8 Å². The summed E-state index contributed by atoms with van der Waals surface area (Å²) >= 11 is 1.03. The van der Waals surface area contributed by atoms with Crippen molar-refractivity contribution >= 4 is 69.1 Å². The number of hydrogen-bond acceptors (Lipinski definition) is 18. The Labute approximate surface area is 293 Å². The Morgan fingerprint density at radius 1 is 1.08 bits per heavy atom. The van der Waals surface area contributed by atoms with Gasteiger partial charge in [0, 0.05) is 37.6 Å². The number of nitrogens with zero attached hydrogens (tertiary/aromatic N) is 4. The van der Waals surface area contributed by atoms with E-state index in [-0.39, 0.29) is 41.6 Å². The molecule has 3 heterocycles. The van der Waals surface area contributed by atoms with Crippen molar-refractivity contribution in [2.45, 2.75) is 57.8 Å². The monoisotopic (exact) mass is 808 g/mol. The molecule has 1 fully saturated rings. The number of hydrogen-bond donors (Lipinski definition) is 9. The van der Waals surface area contributed by atoms with Crippen molar-refractivity contribution in [2.75, 3.05) is 37.8 Å². The van der Waals surface area contributed by atoms with Gasteiger partial charge < -0.3 is 50.9 Å². The number of nitrogens with one attached hydrogen (secondary N) is 2. The number of phosphoric acid groups is 3. The van der Waals surface area contributed by atoms with Gasteiger partial charge in [0.05, 0.1) is 19.5 Å². The van der Waals surface area contributed by atoms with E-state index in [2.05, 4.69) is 34.4 Å². The van der Waals surface area contributed by atoms with Crippen LogP contribution in [0.2, 0.25) is 0 Å². The van der Waals surface area contributed by atoms with Gasteiger partial charge in [-0.05, 0) is 0 Å². The second kappa shape index (κ2) is 17.6. The summed E-state index contributed by atoms with van der Waals surface area (Å²) in [5, 5.41) is 26.1. The number of amides is 2. The van der Waals surface area contributed by atoms with Crippen LogP contribution in [0, 0.1) is 5.41 Å². The first-order chi connectivity index (χ1) is 23.5. The normalized spacial score (nSPS) is 22.6. The maximum atomic E-state index is 12.6. The van der Waals surface area contributed by atoms with Gasteiger partial charge in [-0.3, -0.25) is 32.5 Å². The minimum Gasteiger partial charge on any atom is -0.386 e. The number of anilines is 1. The zero-order valence-electron chi connectivity index (χ0n) is 27.1. The average molecular weight is 809 g/mol. The molecule has 288 valence electrons. The molecule has 1 aliphatic rings. The van der Waals surface area contributed by atoms with E-state index in [1.165, 1.54) is 20.8 Å². The van der Waals surface area contributed by atoms with Gasteiger partial charge in [-0.2, -0.15) is 4.31 Å². The molecule has 0 aliphatic carbocycles. The number of aliphatic hydroxyl groups excluding tert-OH is 2. The molecule has 1 saturated heterocycles. The highest BCUT2D eigenvalue weighted by molar-refractivity contribution is 8.13. The lowest BCUT2D eigenvalue weighted by Crippen LogP contribution is -2.46. The first-order valence-electron chi connectivity index (χ1n) is 14.5. The first kappa shape index (κ1) is 43.0. The fourth-order valence-electron chi connectivity index (χ4n) is 4.32. The van der Waals surface area contributed by atoms with Gasteiger partial charge in [0.2, 0.25) is 11.8 Å². The highest BCUT2D eigenvalue weighted by atomic mass is 32.2. The lowest BCUT2D eigenvalue weighted by molar-refractivity contribution is -0.137. The Kier molecular flexibility index (Phi) is 14.8. The lowest BCUT2D eigenvalue weighted by Gasteiger charge is -2.30. The number of imidazole rings is 1. The molecule has 0 aromatic carbocycles. The van der Waals surface area contributed by atoms with Crippen LogP contribution in [0.1, 0.15) is 33.4 Å². The SMILES string of the molecule is C[11C](=O)SCCNC(=O)CCNC(=O)[C@H](O)C(C)(C)COP(=O)(O)OP(=O)(O)OC[C@H]1O[C@@H](n2cnc3c(N)ncnc32)[C@H](O)[C@@H]1OP(=O)(O)O. The Morgan fingerprint density at radius 3 is 2.39 bits per heavy atom. The maximum absolute atomic E-state index is 12.6. The molecule has 2 unspecified atom stereocenters. The number of rotatable bonds is 19. The number of ether oxygens (including phenoxy) is 1. The average Bonchev–Trinajstić information content (AvgIpc) is 3.57. The van der Waals surface area contributed by atoms with Gasteiger partial charge in [0.1, 0.15) is 36.3 Å². The van der Waals surface area contributed by atoms with Crippen molar-refractivity contribution < 1.29 is 80.5 Å². The molecule has 0 radical (unpaired) electrons. The van der Waals surface area contributed by atoms with Crippen LogP contribution in [0.3, 0.4) is 0 Å². The molecule has 7 atom stereocenters. The molecule has 0 saturated carbocycles. The maximum Gasteiger partial charge on any atom is 0.481 e. The molecule has 2 aromatic rings. The number of nitrogens with two attached hydrogens (primary N) is 1. The first-order valence-corrected chi connectivity index (χ1v) is 20.0. The zero-order valence-corrected chi connectivity index (χ0v) is 30.6. The van der Waals surface area contributed by atoms with Crippen LogP contribution in [-0.4, -0.2) is 123 Å². The van der Waals surface area contributed by atoms with Crippen LogP contribution in [0.15, 0.2) is 12.7 Å². The second-order valence-electron chi connectivity index (χ2n) is 11.4. The Bertz CT molecular complexity index is 1710. The summed E-state index contributed by atoms with van der Waals surface area (Å²) in [4.78, 5) is 85.9. The number of aromatic nitrogens is 4. The summed E-state index contributed by atoms with van der Waals surface area (Å²) in [5.41, 5.74) is 4.26. The molecule has 51 heavy (non-hydrogen) atoms. The van der Waals surface area contributed by atoms with E-state index in [1.807, 2.05) is 0 Å². The van der Waals surface area contributed by atoms with Gasteiger partial charge >= 0.3 is 23.5 Å². The summed E-state index contributed by atoms with van der Waals surface area (Å²) in [5.74, 6) is -1.08. The standard InChI is InChI=1S/C23H38N7O17P3S/c1-12(31)51-7-6-25-14(32)4-5-26-21(35)18(34)23(2,3)9-44-50(41,42)47-49(39,40)43-8-13-17(46-48(36,37)38)16(33)22(45-13)30-11-29-15-19(24)27-10-28-20(15)30/h10-11,13,16-18,22,33-34H,4-9H2,1-3H3,(H,25,32)(H,26,35)(H,39,40)(H,41,42)(H2,24,27,28)(H2,36,37,38)/t13-,16-,17-,18+,22-/m1/s1/i12-1. The van der Waals surface area contributed by atoms with E-state index in [0.717, 1.165) is 29.0 Å². The van der Waals surface area contributed by atoms with E-state index in [9.17, 15) is 57.9 Å². The molecule has 2 amide bonds. The fraction of sp³-hybridized carbons (Fsp3) is 0.652. The predicted octanol–water partition coefficient (Wildman–Crippen LogP) is -1.32. The second-order valence-corrected chi connectivity index (χ2v) is 16.9. The largest absolute Gasteiger partial charge is 0.481 e. The highest BCUT2D eigenvalue weighted by Crippen LogP contribution is 2.61. The van der Waals surface area contributed by atoms with Crippen LogP contribution in [0.25, 0.3) is 11.2 Å². The van der Waals surface area contributed by atoms with Crippen LogP contribution in [0.4, 0.5) is 5.82 Å². The Morgan fingerprint density at radius 2 is 1.75 bits per heavy atom. The number of nitrogen functional groups attached to an aromatic ring is 1. The lowest BCUT2D eigenvalue weighted by atomic mass is 9.87. The Balaban J connectivity index is 1.55. The number of phosphoric ester groups is 3. The van der Waals surface area contributed by atoms with Crippen molar-refractivity contribution in [2.24, 2.45) is 5.41 Å². The van der Waals surface area contributed by atoms with Crippen molar-refractivity contribution in [3.63, 3.8) is 0 Å². The third-order valence-corrected chi connectivity index (χ3v) is 10.7. The zero-order chi connectivity index (χ0) is 38.4. The molecule has 24 nitrogen and oxygen atoms in total. The number of carbonyl (C=O) groups is 3. The third kappa shape index (κ3) is 12.9. The summed E-state index contributed by atoms with van der Waals surface area (Å²) in [6.45, 7) is 1.90. The van der Waals surface area contributed by atoms with E-state index in [0.29, 0.717) is 5.75 Å². The van der Waals surface area contributed by atoms with Gasteiger partial charge in [-0.15, -0.1) is 0 Å².